The number of hydrogen-bond donors (Lipinski definition) is 0. The zero-order valence-corrected chi connectivity index (χ0v) is 8.06. The van der Waals surface area contributed by atoms with Crippen LogP contribution in [-0.2, 0) is 11.2 Å². The van der Waals surface area contributed by atoms with E-state index in [1.807, 2.05) is 0 Å². The molecule has 0 spiro atoms. The summed E-state index contributed by atoms with van der Waals surface area (Å²) >= 11 is 0. The number of aromatic nitrogens is 2. The minimum absolute atomic E-state index is 0.346. The summed E-state index contributed by atoms with van der Waals surface area (Å²) in [7, 11) is 1.35. The van der Waals surface area contributed by atoms with Crippen molar-refractivity contribution in [2.75, 3.05) is 7.11 Å². The Labute approximate surface area is 82.3 Å². The van der Waals surface area contributed by atoms with Gasteiger partial charge in [-0.2, -0.15) is 0 Å². The summed E-state index contributed by atoms with van der Waals surface area (Å²) < 4.78 is 4.58. The Morgan fingerprint density at radius 3 is 3.00 bits per heavy atom. The monoisotopic (exact) mass is 192 g/mol. The molecule has 4 heteroatoms. The maximum Gasteiger partial charge on any atom is 0.356 e. The molecule has 1 fully saturated rings. The summed E-state index contributed by atoms with van der Waals surface area (Å²) in [6, 6.07) is 1.71. The molecule has 0 atom stereocenters. The molecule has 1 aromatic heterocycles. The van der Waals surface area contributed by atoms with Gasteiger partial charge in [-0.05, 0) is 31.2 Å². The number of hydrogen-bond acceptors (Lipinski definition) is 4. The molecule has 0 aliphatic heterocycles. The Bertz CT molecular complexity index is 348. The molecule has 2 rings (SSSR count). The van der Waals surface area contributed by atoms with E-state index in [1.165, 1.54) is 26.3 Å². The van der Waals surface area contributed by atoms with Crippen molar-refractivity contribution in [2.24, 2.45) is 5.92 Å². The molecule has 0 unspecified atom stereocenters. The molecule has 74 valence electrons. The molecule has 4 nitrogen and oxygen atoms in total. The van der Waals surface area contributed by atoms with Crippen LogP contribution in [0.25, 0.3) is 0 Å². The van der Waals surface area contributed by atoms with E-state index in [9.17, 15) is 4.79 Å². The first-order valence-corrected chi connectivity index (χ1v) is 4.69. The Kier molecular flexibility index (Phi) is 2.43. The molecule has 1 aromatic rings. The Hall–Kier alpha value is -1.45. The van der Waals surface area contributed by atoms with Gasteiger partial charge >= 0.3 is 5.97 Å². The van der Waals surface area contributed by atoms with E-state index >= 15 is 0 Å². The topological polar surface area (TPSA) is 52.1 Å². The van der Waals surface area contributed by atoms with E-state index in [2.05, 4.69) is 14.7 Å². The first-order valence-electron chi connectivity index (χ1n) is 4.69. The maximum absolute atomic E-state index is 11.2. The molecular formula is C10H12N2O2. The lowest BCUT2D eigenvalue weighted by atomic mass is 10.2. The third-order valence-electron chi connectivity index (χ3n) is 2.31. The summed E-state index contributed by atoms with van der Waals surface area (Å²) in [4.78, 5) is 19.1. The molecule has 0 N–H and O–H groups in total. The number of ether oxygens (including phenoxy) is 1. The number of rotatable bonds is 3. The van der Waals surface area contributed by atoms with Crippen molar-refractivity contribution in [3.8, 4) is 0 Å². The molecule has 0 aromatic carbocycles. The van der Waals surface area contributed by atoms with Crippen molar-refractivity contribution < 1.29 is 9.53 Å². The van der Waals surface area contributed by atoms with Gasteiger partial charge in [0.25, 0.3) is 0 Å². The third-order valence-corrected chi connectivity index (χ3v) is 2.31. The number of nitrogens with zero attached hydrogens (tertiary/aromatic N) is 2. The number of carbonyl (C=O) groups excluding carboxylic acids is 1. The molecule has 1 heterocycles. The summed E-state index contributed by atoms with van der Waals surface area (Å²) in [6.45, 7) is 0. The second-order valence-corrected chi connectivity index (χ2v) is 3.53. The van der Waals surface area contributed by atoms with E-state index in [0.29, 0.717) is 5.69 Å². The van der Waals surface area contributed by atoms with Crippen LogP contribution in [0.1, 0.15) is 29.0 Å². The summed E-state index contributed by atoms with van der Waals surface area (Å²) in [5.41, 5.74) is 1.28. The van der Waals surface area contributed by atoms with E-state index in [0.717, 1.165) is 18.0 Å². The Balaban J connectivity index is 2.12. The van der Waals surface area contributed by atoms with Crippen LogP contribution in [0.4, 0.5) is 0 Å². The average Bonchev–Trinajstić information content (AvgIpc) is 3.01. The van der Waals surface area contributed by atoms with Gasteiger partial charge in [-0.3, -0.25) is 0 Å². The quantitative estimate of drug-likeness (QED) is 0.675. The van der Waals surface area contributed by atoms with Gasteiger partial charge in [0, 0.05) is 5.69 Å². The molecule has 0 bridgehead atoms. The first kappa shape index (κ1) is 9.12. The average molecular weight is 192 g/mol. The lowest BCUT2D eigenvalue weighted by Crippen LogP contribution is -2.06. The largest absolute Gasteiger partial charge is 0.464 e. The summed E-state index contributed by atoms with van der Waals surface area (Å²) in [5, 5.41) is 0. The van der Waals surface area contributed by atoms with Crippen LogP contribution in [0.2, 0.25) is 0 Å². The highest BCUT2D eigenvalue weighted by molar-refractivity contribution is 5.87. The molecule has 14 heavy (non-hydrogen) atoms. The van der Waals surface area contributed by atoms with Gasteiger partial charge in [-0.15, -0.1) is 0 Å². The zero-order valence-electron chi connectivity index (χ0n) is 8.06. The van der Waals surface area contributed by atoms with Gasteiger partial charge in [-0.1, -0.05) is 0 Å². The maximum atomic E-state index is 11.2. The molecule has 0 amide bonds. The number of esters is 1. The minimum atomic E-state index is -0.399. The minimum Gasteiger partial charge on any atom is -0.464 e. The lowest BCUT2D eigenvalue weighted by Gasteiger charge is -2.00. The zero-order chi connectivity index (χ0) is 9.97. The van der Waals surface area contributed by atoms with Crippen LogP contribution in [0.15, 0.2) is 12.4 Å². The second-order valence-electron chi connectivity index (χ2n) is 3.53. The summed E-state index contributed by atoms with van der Waals surface area (Å²) in [5.74, 6) is 0.361. The van der Waals surface area contributed by atoms with Gasteiger partial charge < -0.3 is 4.74 Å². The molecule has 1 saturated carbocycles. The molecule has 0 radical (unpaired) electrons. The fourth-order valence-electron chi connectivity index (χ4n) is 1.34. The highest BCUT2D eigenvalue weighted by Crippen LogP contribution is 2.31. The van der Waals surface area contributed by atoms with Gasteiger partial charge in [0.2, 0.25) is 0 Å². The van der Waals surface area contributed by atoms with E-state index < -0.39 is 5.97 Å². The number of carbonyl (C=O) groups is 1. The third kappa shape index (κ3) is 2.07. The highest BCUT2D eigenvalue weighted by atomic mass is 16.5. The van der Waals surface area contributed by atoms with Crippen molar-refractivity contribution >= 4 is 5.97 Å². The van der Waals surface area contributed by atoms with Crippen LogP contribution >= 0.6 is 0 Å². The lowest BCUT2D eigenvalue weighted by molar-refractivity contribution is 0.0593. The number of methoxy groups -OCH3 is 1. The van der Waals surface area contributed by atoms with E-state index in [-0.39, 0.29) is 0 Å². The predicted octanol–water partition coefficient (Wildman–Crippen LogP) is 1.22. The second kappa shape index (κ2) is 3.74. The molecular weight excluding hydrogens is 180 g/mol. The van der Waals surface area contributed by atoms with Crippen molar-refractivity contribution in [1.82, 2.24) is 9.97 Å². The van der Waals surface area contributed by atoms with Crippen molar-refractivity contribution in [3.05, 3.63) is 23.8 Å². The smallest absolute Gasteiger partial charge is 0.356 e. The fourth-order valence-corrected chi connectivity index (χ4v) is 1.34. The first-order chi connectivity index (χ1) is 6.79. The predicted molar refractivity (Wildman–Crippen MR) is 49.8 cm³/mol. The van der Waals surface area contributed by atoms with E-state index in [1.54, 1.807) is 6.07 Å². The van der Waals surface area contributed by atoms with Gasteiger partial charge in [0.15, 0.2) is 5.69 Å². The van der Waals surface area contributed by atoms with Gasteiger partial charge in [0.05, 0.1) is 7.11 Å². The summed E-state index contributed by atoms with van der Waals surface area (Å²) in [6.07, 6.45) is 4.92. The Morgan fingerprint density at radius 1 is 1.57 bits per heavy atom. The van der Waals surface area contributed by atoms with Crippen molar-refractivity contribution in [2.45, 2.75) is 19.3 Å². The standard InChI is InChI=1S/C10H12N2O2/c1-14-10(13)9-5-8(11-6-12-9)4-7-2-3-7/h5-7H,2-4H2,1H3. The van der Waals surface area contributed by atoms with Gasteiger partial charge in [0.1, 0.15) is 6.33 Å². The SMILES string of the molecule is COC(=O)c1cc(CC2CC2)ncn1. The normalized spacial score (nSPS) is 15.2. The fraction of sp³-hybridized carbons (Fsp3) is 0.500. The Morgan fingerprint density at radius 2 is 2.36 bits per heavy atom. The van der Waals surface area contributed by atoms with E-state index in [4.69, 9.17) is 0 Å². The van der Waals surface area contributed by atoms with Crippen LogP contribution in [-0.4, -0.2) is 23.0 Å². The molecule has 1 aliphatic carbocycles. The van der Waals surface area contributed by atoms with Crippen LogP contribution in [0, 0.1) is 5.92 Å². The van der Waals surface area contributed by atoms with Crippen molar-refractivity contribution in [3.63, 3.8) is 0 Å². The van der Waals surface area contributed by atoms with Crippen LogP contribution < -0.4 is 0 Å². The van der Waals surface area contributed by atoms with Gasteiger partial charge in [-0.25, -0.2) is 14.8 Å². The molecule has 0 saturated heterocycles. The van der Waals surface area contributed by atoms with Crippen molar-refractivity contribution in [1.29, 1.82) is 0 Å². The van der Waals surface area contributed by atoms with Crippen LogP contribution in [0.3, 0.4) is 0 Å². The molecule has 1 aliphatic rings. The van der Waals surface area contributed by atoms with Crippen LogP contribution in [0.5, 0.6) is 0 Å². The highest BCUT2D eigenvalue weighted by Gasteiger charge is 2.22.